The number of carbonyl (C=O) groups is 3. The van der Waals surface area contributed by atoms with Gasteiger partial charge in [0.1, 0.15) is 12.5 Å². The van der Waals surface area contributed by atoms with Gasteiger partial charge < -0.3 is 15.4 Å². The fourth-order valence-electron chi connectivity index (χ4n) is 2.27. The molecule has 0 saturated carbocycles. The van der Waals surface area contributed by atoms with Gasteiger partial charge in [-0.05, 0) is 30.0 Å². The van der Waals surface area contributed by atoms with E-state index in [2.05, 4.69) is 10.6 Å². The molecule has 1 atom stereocenters. The summed E-state index contributed by atoms with van der Waals surface area (Å²) >= 11 is 0. The van der Waals surface area contributed by atoms with Crippen LogP contribution in [0.4, 0.5) is 5.69 Å². The fourth-order valence-corrected chi connectivity index (χ4v) is 2.27. The maximum absolute atomic E-state index is 11.8. The number of amides is 2. The Morgan fingerprint density at radius 2 is 1.92 bits per heavy atom. The van der Waals surface area contributed by atoms with Crippen LogP contribution < -0.4 is 16.1 Å². The van der Waals surface area contributed by atoms with Crippen molar-refractivity contribution in [3.63, 3.8) is 0 Å². The van der Waals surface area contributed by atoms with Gasteiger partial charge >= 0.3 is 5.97 Å². The Kier molecular flexibility index (Phi) is 8.59. The van der Waals surface area contributed by atoms with Crippen LogP contribution in [0.25, 0.3) is 0 Å². The zero-order valence-corrected chi connectivity index (χ0v) is 14.7. The summed E-state index contributed by atoms with van der Waals surface area (Å²) < 4.78 is 4.81. The Hall–Kier alpha value is -2.45. The molecule has 1 aromatic carbocycles. The van der Waals surface area contributed by atoms with E-state index in [1.54, 1.807) is 18.2 Å². The highest BCUT2D eigenvalue weighted by Crippen LogP contribution is 2.12. The Morgan fingerprint density at radius 1 is 1.20 bits per heavy atom. The molecule has 0 radical (unpaired) electrons. The van der Waals surface area contributed by atoms with Gasteiger partial charge in [-0.15, -0.1) is 0 Å². The molecule has 8 heteroatoms. The molecule has 2 amide bonds. The summed E-state index contributed by atoms with van der Waals surface area (Å²) in [4.78, 5) is 34.4. The lowest BCUT2D eigenvalue weighted by Crippen LogP contribution is -2.38. The van der Waals surface area contributed by atoms with E-state index in [4.69, 9.17) is 9.94 Å². The van der Waals surface area contributed by atoms with Crippen molar-refractivity contribution in [2.24, 2.45) is 5.92 Å². The van der Waals surface area contributed by atoms with E-state index in [9.17, 15) is 14.4 Å². The van der Waals surface area contributed by atoms with Crippen LogP contribution in [0.3, 0.4) is 0 Å². The van der Waals surface area contributed by atoms with E-state index < -0.39 is 24.3 Å². The summed E-state index contributed by atoms with van der Waals surface area (Å²) in [6.07, 6.45) is 0.178. The third kappa shape index (κ3) is 7.77. The minimum atomic E-state index is -0.787. The van der Waals surface area contributed by atoms with Gasteiger partial charge in [0.15, 0.2) is 0 Å². The molecule has 0 saturated heterocycles. The van der Waals surface area contributed by atoms with E-state index in [0.29, 0.717) is 24.6 Å². The summed E-state index contributed by atoms with van der Waals surface area (Å²) in [6, 6.07) is 6.63. The summed E-state index contributed by atoms with van der Waals surface area (Å²) in [5, 5.41) is 14.1. The highest BCUT2D eigenvalue weighted by molar-refractivity contribution is 6.03. The number of anilines is 1. The van der Waals surface area contributed by atoms with E-state index in [1.807, 2.05) is 19.9 Å². The highest BCUT2D eigenvalue weighted by atomic mass is 16.5. The number of rotatable bonds is 9. The van der Waals surface area contributed by atoms with E-state index in [0.717, 1.165) is 5.56 Å². The normalized spacial score (nSPS) is 11.7. The smallest absolute Gasteiger partial charge is 0.322 e. The van der Waals surface area contributed by atoms with E-state index >= 15 is 0 Å². The van der Waals surface area contributed by atoms with Crippen LogP contribution in [0.5, 0.6) is 0 Å². The quantitative estimate of drug-likeness (QED) is 0.230. The van der Waals surface area contributed by atoms with Crippen LogP contribution >= 0.6 is 0 Å². The second-order valence-corrected chi connectivity index (χ2v) is 6.05. The van der Waals surface area contributed by atoms with Crippen LogP contribution in [0.2, 0.25) is 0 Å². The van der Waals surface area contributed by atoms with Crippen LogP contribution in [0, 0.1) is 5.92 Å². The van der Waals surface area contributed by atoms with Crippen LogP contribution in [-0.4, -0.2) is 36.1 Å². The molecule has 0 unspecified atom stereocenters. The van der Waals surface area contributed by atoms with Crippen molar-refractivity contribution in [1.82, 2.24) is 10.8 Å². The maximum atomic E-state index is 11.8. The highest BCUT2D eigenvalue weighted by Gasteiger charge is 2.19. The van der Waals surface area contributed by atoms with Gasteiger partial charge in [-0.3, -0.25) is 19.6 Å². The van der Waals surface area contributed by atoms with Gasteiger partial charge in [0.2, 0.25) is 5.91 Å². The van der Waals surface area contributed by atoms with Gasteiger partial charge in [0.05, 0.1) is 7.11 Å². The Balaban J connectivity index is 2.66. The minimum Gasteiger partial charge on any atom is -0.468 e. The first-order chi connectivity index (χ1) is 11.8. The van der Waals surface area contributed by atoms with Crippen LogP contribution in [0.15, 0.2) is 24.3 Å². The lowest BCUT2D eigenvalue weighted by Gasteiger charge is -2.18. The van der Waals surface area contributed by atoms with Crippen molar-refractivity contribution in [2.75, 3.05) is 12.4 Å². The summed E-state index contributed by atoms with van der Waals surface area (Å²) in [6.45, 7) is 4.47. The summed E-state index contributed by atoms with van der Waals surface area (Å²) in [5.41, 5.74) is 2.79. The predicted octanol–water partition coefficient (Wildman–Crippen LogP) is 1.20. The number of hydroxylamine groups is 1. The van der Waals surface area contributed by atoms with Gasteiger partial charge in [0, 0.05) is 12.2 Å². The number of benzene rings is 1. The number of hydrogen-bond acceptors (Lipinski definition) is 6. The molecule has 25 heavy (non-hydrogen) atoms. The molecule has 4 N–H and O–H groups in total. The molecule has 0 aliphatic carbocycles. The first-order valence-electron chi connectivity index (χ1n) is 7.98. The molecule has 0 spiro atoms. The Labute approximate surface area is 146 Å². The zero-order valence-electron chi connectivity index (χ0n) is 14.7. The van der Waals surface area contributed by atoms with Gasteiger partial charge in [-0.25, -0.2) is 5.48 Å². The molecule has 0 aromatic heterocycles. The molecular formula is C17H25N3O5. The summed E-state index contributed by atoms with van der Waals surface area (Å²) in [5.74, 6) is -1.30. The number of hydrogen-bond donors (Lipinski definition) is 4. The molecule has 138 valence electrons. The Bertz CT molecular complexity index is 604. The average molecular weight is 351 g/mol. The number of carbonyl (C=O) groups excluding carboxylic acids is 3. The molecule has 0 fully saturated rings. The zero-order chi connectivity index (χ0) is 18.8. The van der Waals surface area contributed by atoms with Crippen molar-refractivity contribution in [1.29, 1.82) is 0 Å². The maximum Gasteiger partial charge on any atom is 0.322 e. The number of esters is 1. The number of nitrogens with one attached hydrogen (secondary N) is 3. The first-order valence-corrected chi connectivity index (χ1v) is 7.98. The predicted molar refractivity (Wildman–Crippen MR) is 91.7 cm³/mol. The molecule has 1 rings (SSSR count). The van der Waals surface area contributed by atoms with Crippen molar-refractivity contribution in [3.05, 3.63) is 29.8 Å². The average Bonchev–Trinajstić information content (AvgIpc) is 2.57. The van der Waals surface area contributed by atoms with Gasteiger partial charge in [-0.1, -0.05) is 26.0 Å². The van der Waals surface area contributed by atoms with E-state index in [1.165, 1.54) is 12.6 Å². The van der Waals surface area contributed by atoms with Crippen molar-refractivity contribution < 1.29 is 24.3 Å². The fraction of sp³-hybridized carbons (Fsp3) is 0.471. The standard InChI is InChI=1S/C17H25N3O5/c1-11(2)7-14(17(23)25-3)18-10-12-5-4-6-13(8-12)19-15(21)9-16(22)20-24/h4-6,8,11,14,18,24H,7,9-10H2,1-3H3,(H,19,21)(H,20,22)/t14-/m0/s1. The second-order valence-electron chi connectivity index (χ2n) is 6.05. The second kappa shape index (κ2) is 10.4. The molecule has 8 nitrogen and oxygen atoms in total. The van der Waals surface area contributed by atoms with Crippen LogP contribution in [0.1, 0.15) is 32.3 Å². The first kappa shape index (κ1) is 20.6. The minimum absolute atomic E-state index is 0.312. The van der Waals surface area contributed by atoms with E-state index in [-0.39, 0.29) is 5.97 Å². The van der Waals surface area contributed by atoms with Crippen molar-refractivity contribution in [2.45, 2.75) is 39.3 Å². The lowest BCUT2D eigenvalue weighted by molar-refractivity contribution is -0.143. The van der Waals surface area contributed by atoms with Gasteiger partial charge in [-0.2, -0.15) is 0 Å². The molecule has 0 aliphatic heterocycles. The molecule has 0 aliphatic rings. The lowest BCUT2D eigenvalue weighted by atomic mass is 10.0. The third-order valence-corrected chi connectivity index (χ3v) is 3.40. The summed E-state index contributed by atoms with van der Waals surface area (Å²) in [7, 11) is 1.36. The molecule has 1 aromatic rings. The third-order valence-electron chi connectivity index (χ3n) is 3.40. The SMILES string of the molecule is COC(=O)[C@H](CC(C)C)NCc1cccc(NC(=O)CC(=O)NO)c1. The van der Waals surface area contributed by atoms with Crippen LogP contribution in [-0.2, 0) is 25.7 Å². The monoisotopic (exact) mass is 351 g/mol. The van der Waals surface area contributed by atoms with Crippen molar-refractivity contribution >= 4 is 23.5 Å². The molecular weight excluding hydrogens is 326 g/mol. The topological polar surface area (TPSA) is 117 Å². The number of ether oxygens (including phenoxy) is 1. The van der Waals surface area contributed by atoms with Gasteiger partial charge in [0.25, 0.3) is 5.91 Å². The molecule has 0 bridgehead atoms. The largest absolute Gasteiger partial charge is 0.468 e. The number of methoxy groups -OCH3 is 1. The van der Waals surface area contributed by atoms with Crippen molar-refractivity contribution in [3.8, 4) is 0 Å². The molecule has 0 heterocycles. The Morgan fingerprint density at radius 3 is 2.52 bits per heavy atom.